The number of amides is 1. The van der Waals surface area contributed by atoms with Crippen LogP contribution in [0.5, 0.6) is 0 Å². The fraction of sp³-hybridized carbons (Fsp3) is 0.350. The lowest BCUT2D eigenvalue weighted by Gasteiger charge is -2.32. The van der Waals surface area contributed by atoms with Gasteiger partial charge in [-0.25, -0.2) is 8.42 Å². The van der Waals surface area contributed by atoms with Gasteiger partial charge in [0, 0.05) is 23.8 Å². The van der Waals surface area contributed by atoms with Crippen molar-refractivity contribution in [1.29, 1.82) is 0 Å². The highest BCUT2D eigenvalue weighted by molar-refractivity contribution is 7.89. The molecule has 9 heteroatoms. The molecule has 156 valence electrons. The van der Waals surface area contributed by atoms with Crippen molar-refractivity contribution in [3.63, 3.8) is 0 Å². The molecule has 1 aliphatic rings. The summed E-state index contributed by atoms with van der Waals surface area (Å²) in [6.07, 6.45) is -1.91. The molecule has 0 radical (unpaired) electrons. The summed E-state index contributed by atoms with van der Waals surface area (Å²) in [4.78, 5) is 12.4. The van der Waals surface area contributed by atoms with E-state index in [4.69, 9.17) is 0 Å². The minimum absolute atomic E-state index is 0.00339. The third-order valence-corrected chi connectivity index (χ3v) is 6.94. The molecule has 1 amide bonds. The molecular formula is C20H21F3N2O3S. The molecule has 0 saturated carbocycles. The maximum atomic E-state index is 12.8. The number of nitrogens with one attached hydrogen (secondary N) is 1. The second kappa shape index (κ2) is 8.16. The van der Waals surface area contributed by atoms with E-state index in [2.05, 4.69) is 5.32 Å². The van der Waals surface area contributed by atoms with E-state index in [0.29, 0.717) is 6.54 Å². The van der Waals surface area contributed by atoms with Crippen molar-refractivity contribution >= 4 is 21.6 Å². The maximum Gasteiger partial charge on any atom is 0.416 e. The standard InChI is InChI=1S/C20H21F3N2O3S/c1-14-5-2-3-12-25(14)29(27,28)18-10-8-15(9-11-18)19(26)24-17-7-4-6-16(13-17)20(21,22)23/h4,6-11,13-14H,2-3,5,12H2,1H3,(H,24,26). The van der Waals surface area contributed by atoms with Gasteiger partial charge in [0.1, 0.15) is 0 Å². The summed E-state index contributed by atoms with van der Waals surface area (Å²) in [6.45, 7) is 2.33. The first-order valence-electron chi connectivity index (χ1n) is 9.19. The fourth-order valence-corrected chi connectivity index (χ4v) is 5.02. The molecule has 2 aromatic rings. The number of anilines is 1. The van der Waals surface area contributed by atoms with Crippen LogP contribution in [0.25, 0.3) is 0 Å². The van der Waals surface area contributed by atoms with Crippen LogP contribution in [0.4, 0.5) is 18.9 Å². The molecule has 5 nitrogen and oxygen atoms in total. The third-order valence-electron chi connectivity index (χ3n) is 4.91. The van der Waals surface area contributed by atoms with Crippen LogP contribution in [-0.2, 0) is 16.2 Å². The number of alkyl halides is 3. The van der Waals surface area contributed by atoms with Crippen LogP contribution in [0, 0.1) is 0 Å². The molecule has 1 saturated heterocycles. The van der Waals surface area contributed by atoms with Gasteiger partial charge in [-0.15, -0.1) is 0 Å². The molecule has 3 rings (SSSR count). The molecule has 0 bridgehead atoms. The van der Waals surface area contributed by atoms with Gasteiger partial charge in [-0.05, 0) is 62.2 Å². The number of piperidine rings is 1. The summed E-state index contributed by atoms with van der Waals surface area (Å²) in [5, 5.41) is 2.40. The minimum atomic E-state index is -4.51. The molecule has 1 aliphatic heterocycles. The van der Waals surface area contributed by atoms with Crippen LogP contribution in [0.2, 0.25) is 0 Å². The van der Waals surface area contributed by atoms with Crippen LogP contribution < -0.4 is 5.32 Å². The lowest BCUT2D eigenvalue weighted by molar-refractivity contribution is -0.137. The van der Waals surface area contributed by atoms with Crippen molar-refractivity contribution in [2.45, 2.75) is 43.3 Å². The van der Waals surface area contributed by atoms with Gasteiger partial charge in [0.2, 0.25) is 10.0 Å². The highest BCUT2D eigenvalue weighted by Gasteiger charge is 2.31. The number of carbonyl (C=O) groups excluding carboxylic acids is 1. The minimum Gasteiger partial charge on any atom is -0.322 e. The monoisotopic (exact) mass is 426 g/mol. The van der Waals surface area contributed by atoms with Gasteiger partial charge in [-0.2, -0.15) is 17.5 Å². The first-order valence-corrected chi connectivity index (χ1v) is 10.6. The van der Waals surface area contributed by atoms with Gasteiger partial charge >= 0.3 is 6.18 Å². The number of sulfonamides is 1. The lowest BCUT2D eigenvalue weighted by Crippen LogP contribution is -2.41. The molecule has 0 aliphatic carbocycles. The lowest BCUT2D eigenvalue weighted by atomic mass is 10.1. The Labute approximate surface area is 167 Å². The predicted molar refractivity (Wildman–Crippen MR) is 103 cm³/mol. The normalized spacial score (nSPS) is 18.4. The van der Waals surface area contributed by atoms with Crippen molar-refractivity contribution in [2.75, 3.05) is 11.9 Å². The van der Waals surface area contributed by atoms with E-state index in [1.54, 1.807) is 0 Å². The molecular weight excluding hydrogens is 405 g/mol. The van der Waals surface area contributed by atoms with Gasteiger partial charge < -0.3 is 5.32 Å². The predicted octanol–water partition coefficient (Wildman–Crippen LogP) is 4.52. The van der Waals surface area contributed by atoms with Gasteiger partial charge in [-0.1, -0.05) is 12.5 Å². The van der Waals surface area contributed by atoms with Crippen LogP contribution in [-0.4, -0.2) is 31.2 Å². The highest BCUT2D eigenvalue weighted by atomic mass is 32.2. The first-order chi connectivity index (χ1) is 13.6. The van der Waals surface area contributed by atoms with E-state index in [1.165, 1.54) is 40.7 Å². The Hall–Kier alpha value is -2.39. The van der Waals surface area contributed by atoms with Gasteiger partial charge in [0.15, 0.2) is 0 Å². The Morgan fingerprint density at radius 2 is 1.79 bits per heavy atom. The second-order valence-electron chi connectivity index (χ2n) is 7.02. The van der Waals surface area contributed by atoms with E-state index < -0.39 is 27.7 Å². The maximum absolute atomic E-state index is 12.8. The number of halogens is 3. The molecule has 0 aromatic heterocycles. The van der Waals surface area contributed by atoms with Crippen LogP contribution >= 0.6 is 0 Å². The fourth-order valence-electron chi connectivity index (χ4n) is 3.32. The topological polar surface area (TPSA) is 66.5 Å². The van der Waals surface area contributed by atoms with Crippen LogP contribution in [0.3, 0.4) is 0 Å². The molecule has 1 heterocycles. The summed E-state index contributed by atoms with van der Waals surface area (Å²) in [5.74, 6) is -0.625. The van der Waals surface area contributed by atoms with Gasteiger partial charge in [-0.3, -0.25) is 4.79 Å². The zero-order valence-corrected chi connectivity index (χ0v) is 16.6. The number of carbonyl (C=O) groups is 1. The summed E-state index contributed by atoms with van der Waals surface area (Å²) in [5.41, 5.74) is -0.718. The molecule has 0 spiro atoms. The molecule has 1 unspecified atom stereocenters. The highest BCUT2D eigenvalue weighted by Crippen LogP contribution is 2.31. The summed E-state index contributed by atoms with van der Waals surface area (Å²) >= 11 is 0. The molecule has 1 N–H and O–H groups in total. The Morgan fingerprint density at radius 3 is 2.41 bits per heavy atom. The number of benzene rings is 2. The first kappa shape index (κ1) is 21.3. The average molecular weight is 426 g/mol. The third kappa shape index (κ3) is 4.79. The molecule has 29 heavy (non-hydrogen) atoms. The van der Waals surface area contributed by atoms with E-state index >= 15 is 0 Å². The largest absolute Gasteiger partial charge is 0.416 e. The SMILES string of the molecule is CC1CCCCN1S(=O)(=O)c1ccc(C(=O)Nc2cccc(C(F)(F)F)c2)cc1. The quantitative estimate of drug-likeness (QED) is 0.782. The van der Waals surface area contributed by atoms with Gasteiger partial charge in [0.05, 0.1) is 10.5 Å². The van der Waals surface area contributed by atoms with Crippen LogP contribution in [0.15, 0.2) is 53.4 Å². The van der Waals surface area contributed by atoms with Crippen molar-refractivity contribution in [3.05, 3.63) is 59.7 Å². The van der Waals surface area contributed by atoms with Gasteiger partial charge in [0.25, 0.3) is 5.91 Å². The molecule has 1 atom stereocenters. The number of hydrogen-bond acceptors (Lipinski definition) is 3. The van der Waals surface area contributed by atoms with Crippen molar-refractivity contribution in [2.24, 2.45) is 0 Å². The zero-order chi connectivity index (χ0) is 21.2. The smallest absolute Gasteiger partial charge is 0.322 e. The van der Waals surface area contributed by atoms with E-state index in [9.17, 15) is 26.4 Å². The second-order valence-corrected chi connectivity index (χ2v) is 8.91. The Morgan fingerprint density at radius 1 is 1.10 bits per heavy atom. The number of nitrogens with zero attached hydrogens (tertiary/aromatic N) is 1. The van der Waals surface area contributed by atoms with E-state index in [0.717, 1.165) is 31.4 Å². The zero-order valence-electron chi connectivity index (χ0n) is 15.7. The average Bonchev–Trinajstić information content (AvgIpc) is 2.68. The van der Waals surface area contributed by atoms with Crippen molar-refractivity contribution in [1.82, 2.24) is 4.31 Å². The van der Waals surface area contributed by atoms with E-state index in [1.807, 2.05) is 6.92 Å². The van der Waals surface area contributed by atoms with Crippen molar-refractivity contribution in [3.8, 4) is 0 Å². The summed E-state index contributed by atoms with van der Waals surface area (Å²) in [7, 11) is -3.66. The van der Waals surface area contributed by atoms with Crippen molar-refractivity contribution < 1.29 is 26.4 Å². The summed E-state index contributed by atoms with van der Waals surface area (Å²) < 4.78 is 65.5. The molecule has 1 fully saturated rings. The Kier molecular flexibility index (Phi) is 6.00. The number of rotatable bonds is 4. The number of hydrogen-bond donors (Lipinski definition) is 1. The Bertz CT molecular complexity index is 989. The summed E-state index contributed by atoms with van der Waals surface area (Å²) in [6, 6.07) is 9.62. The van der Waals surface area contributed by atoms with E-state index in [-0.39, 0.29) is 22.2 Å². The molecule has 2 aromatic carbocycles. The Balaban J connectivity index is 1.75. The van der Waals surface area contributed by atoms with Crippen LogP contribution in [0.1, 0.15) is 42.1 Å².